The lowest BCUT2D eigenvalue weighted by Gasteiger charge is -2.29. The van der Waals surface area contributed by atoms with Gasteiger partial charge in [-0.15, -0.1) is 0 Å². The van der Waals surface area contributed by atoms with Gasteiger partial charge in [0.1, 0.15) is 0 Å². The second-order valence-electron chi connectivity index (χ2n) is 5.56. The molecule has 1 aromatic heterocycles. The van der Waals surface area contributed by atoms with Crippen molar-refractivity contribution in [2.75, 3.05) is 6.54 Å². The number of benzene rings is 1. The smallest absolute Gasteiger partial charge is 0.0705 e. The summed E-state index contributed by atoms with van der Waals surface area (Å²) in [6.45, 7) is 10.1. The SMILES string of the molecule is CCNC(c1cccc2ncccc12)C(C)C(C)C. The number of rotatable bonds is 5. The third-order valence-corrected chi connectivity index (χ3v) is 4.02. The third-order valence-electron chi connectivity index (χ3n) is 4.02. The van der Waals surface area contributed by atoms with Crippen LogP contribution in [0, 0.1) is 11.8 Å². The Hall–Kier alpha value is -1.41. The van der Waals surface area contributed by atoms with Crippen molar-refractivity contribution in [1.82, 2.24) is 10.3 Å². The van der Waals surface area contributed by atoms with Gasteiger partial charge in [0.25, 0.3) is 0 Å². The van der Waals surface area contributed by atoms with E-state index < -0.39 is 0 Å². The lowest BCUT2D eigenvalue weighted by molar-refractivity contribution is 0.309. The molecule has 0 radical (unpaired) electrons. The predicted molar refractivity (Wildman–Crippen MR) is 82.2 cm³/mol. The molecule has 19 heavy (non-hydrogen) atoms. The molecule has 0 aliphatic rings. The third kappa shape index (κ3) is 2.95. The Morgan fingerprint density at radius 1 is 1.11 bits per heavy atom. The van der Waals surface area contributed by atoms with Crippen molar-refractivity contribution in [2.45, 2.75) is 33.7 Å². The number of aromatic nitrogens is 1. The fourth-order valence-corrected chi connectivity index (χ4v) is 2.58. The van der Waals surface area contributed by atoms with E-state index in [1.165, 1.54) is 10.9 Å². The Morgan fingerprint density at radius 2 is 1.89 bits per heavy atom. The topological polar surface area (TPSA) is 24.9 Å². The zero-order valence-electron chi connectivity index (χ0n) is 12.4. The number of nitrogens with zero attached hydrogens (tertiary/aromatic N) is 1. The van der Waals surface area contributed by atoms with Crippen molar-refractivity contribution in [3.8, 4) is 0 Å². The van der Waals surface area contributed by atoms with Crippen LogP contribution in [-0.2, 0) is 0 Å². The van der Waals surface area contributed by atoms with Crippen LogP contribution in [0.2, 0.25) is 0 Å². The average Bonchev–Trinajstić information content (AvgIpc) is 2.43. The molecule has 0 aliphatic heterocycles. The zero-order valence-corrected chi connectivity index (χ0v) is 12.4. The standard InChI is InChI=1S/C17H24N2/c1-5-18-17(13(4)12(2)3)15-8-6-10-16-14(15)9-7-11-19-16/h6-13,17-18H,5H2,1-4H3. The molecule has 0 fully saturated rings. The van der Waals surface area contributed by atoms with Gasteiger partial charge in [-0.25, -0.2) is 0 Å². The maximum atomic E-state index is 4.46. The van der Waals surface area contributed by atoms with Crippen LogP contribution in [0.1, 0.15) is 39.3 Å². The van der Waals surface area contributed by atoms with Crippen LogP contribution in [-0.4, -0.2) is 11.5 Å². The highest BCUT2D eigenvalue weighted by molar-refractivity contribution is 5.82. The molecule has 1 N–H and O–H groups in total. The van der Waals surface area contributed by atoms with E-state index >= 15 is 0 Å². The van der Waals surface area contributed by atoms with Crippen molar-refractivity contribution in [2.24, 2.45) is 11.8 Å². The number of hydrogen-bond acceptors (Lipinski definition) is 2. The molecule has 2 nitrogen and oxygen atoms in total. The maximum absolute atomic E-state index is 4.46. The molecule has 0 saturated heterocycles. The molecule has 2 heteroatoms. The summed E-state index contributed by atoms with van der Waals surface area (Å²) in [4.78, 5) is 4.46. The van der Waals surface area contributed by atoms with Crippen molar-refractivity contribution >= 4 is 10.9 Å². The molecule has 2 atom stereocenters. The molecule has 0 bridgehead atoms. The highest BCUT2D eigenvalue weighted by Crippen LogP contribution is 2.31. The summed E-state index contributed by atoms with van der Waals surface area (Å²) in [5, 5.41) is 4.91. The van der Waals surface area contributed by atoms with Gasteiger partial charge in [0, 0.05) is 17.6 Å². The highest BCUT2D eigenvalue weighted by atomic mass is 14.9. The molecule has 2 aromatic rings. The van der Waals surface area contributed by atoms with E-state index in [1.54, 1.807) is 0 Å². The van der Waals surface area contributed by atoms with E-state index in [4.69, 9.17) is 0 Å². The summed E-state index contributed by atoms with van der Waals surface area (Å²) in [7, 11) is 0. The van der Waals surface area contributed by atoms with E-state index in [1.807, 2.05) is 12.3 Å². The first-order chi connectivity index (χ1) is 9.15. The van der Waals surface area contributed by atoms with Gasteiger partial charge >= 0.3 is 0 Å². The molecule has 0 amide bonds. The Labute approximate surface area is 116 Å². The van der Waals surface area contributed by atoms with E-state index in [0.29, 0.717) is 17.9 Å². The van der Waals surface area contributed by atoms with Crippen LogP contribution < -0.4 is 5.32 Å². The minimum atomic E-state index is 0.387. The van der Waals surface area contributed by atoms with Crippen LogP contribution in [0.4, 0.5) is 0 Å². The van der Waals surface area contributed by atoms with E-state index in [2.05, 4.69) is 62.3 Å². The summed E-state index contributed by atoms with van der Waals surface area (Å²) < 4.78 is 0. The van der Waals surface area contributed by atoms with Crippen LogP contribution in [0.15, 0.2) is 36.5 Å². The summed E-state index contributed by atoms with van der Waals surface area (Å²) in [5.41, 5.74) is 2.45. The van der Waals surface area contributed by atoms with E-state index in [9.17, 15) is 0 Å². The fourth-order valence-electron chi connectivity index (χ4n) is 2.58. The van der Waals surface area contributed by atoms with Gasteiger partial charge in [-0.05, 0) is 36.1 Å². The van der Waals surface area contributed by atoms with Gasteiger partial charge in [0.15, 0.2) is 0 Å². The first kappa shape index (κ1) is 14.0. The molecule has 0 spiro atoms. The second-order valence-corrected chi connectivity index (χ2v) is 5.56. The zero-order chi connectivity index (χ0) is 13.8. The molecule has 0 aliphatic carbocycles. The number of pyridine rings is 1. The minimum Gasteiger partial charge on any atom is -0.310 e. The van der Waals surface area contributed by atoms with Gasteiger partial charge in [0.05, 0.1) is 5.52 Å². The van der Waals surface area contributed by atoms with Crippen LogP contribution >= 0.6 is 0 Å². The molecule has 1 aromatic carbocycles. The highest BCUT2D eigenvalue weighted by Gasteiger charge is 2.22. The summed E-state index contributed by atoms with van der Waals surface area (Å²) in [5.74, 6) is 1.24. The van der Waals surface area contributed by atoms with Crippen molar-refractivity contribution in [1.29, 1.82) is 0 Å². The Balaban J connectivity index is 2.49. The Bertz CT molecular complexity index is 528. The summed E-state index contributed by atoms with van der Waals surface area (Å²) >= 11 is 0. The molecule has 1 heterocycles. The average molecular weight is 256 g/mol. The Kier molecular flexibility index (Phi) is 4.54. The van der Waals surface area contributed by atoms with Gasteiger partial charge < -0.3 is 5.32 Å². The van der Waals surface area contributed by atoms with Crippen molar-refractivity contribution in [3.05, 3.63) is 42.1 Å². The minimum absolute atomic E-state index is 0.387. The van der Waals surface area contributed by atoms with Gasteiger partial charge in [-0.3, -0.25) is 4.98 Å². The molecule has 2 unspecified atom stereocenters. The van der Waals surface area contributed by atoms with E-state index in [-0.39, 0.29) is 0 Å². The molecular weight excluding hydrogens is 232 g/mol. The second kappa shape index (κ2) is 6.16. The molecule has 2 rings (SSSR count). The van der Waals surface area contributed by atoms with E-state index in [0.717, 1.165) is 12.1 Å². The van der Waals surface area contributed by atoms with Gasteiger partial charge in [0.2, 0.25) is 0 Å². The first-order valence-electron chi connectivity index (χ1n) is 7.22. The maximum Gasteiger partial charge on any atom is 0.0705 e. The molecule has 0 saturated carbocycles. The molecule has 102 valence electrons. The Morgan fingerprint density at radius 3 is 2.58 bits per heavy atom. The number of hydrogen-bond donors (Lipinski definition) is 1. The van der Waals surface area contributed by atoms with Crippen LogP contribution in [0.3, 0.4) is 0 Å². The number of nitrogens with one attached hydrogen (secondary N) is 1. The predicted octanol–water partition coefficient (Wildman–Crippen LogP) is 4.18. The lowest BCUT2D eigenvalue weighted by atomic mass is 9.84. The van der Waals surface area contributed by atoms with Gasteiger partial charge in [-0.1, -0.05) is 45.9 Å². The van der Waals surface area contributed by atoms with Crippen LogP contribution in [0.25, 0.3) is 10.9 Å². The van der Waals surface area contributed by atoms with Crippen molar-refractivity contribution in [3.63, 3.8) is 0 Å². The lowest BCUT2D eigenvalue weighted by Crippen LogP contribution is -2.29. The quantitative estimate of drug-likeness (QED) is 0.868. The van der Waals surface area contributed by atoms with Crippen molar-refractivity contribution < 1.29 is 0 Å². The van der Waals surface area contributed by atoms with Crippen LogP contribution in [0.5, 0.6) is 0 Å². The monoisotopic (exact) mass is 256 g/mol. The first-order valence-corrected chi connectivity index (χ1v) is 7.22. The van der Waals surface area contributed by atoms with Gasteiger partial charge in [-0.2, -0.15) is 0 Å². The fraction of sp³-hybridized carbons (Fsp3) is 0.471. The number of fused-ring (bicyclic) bond motifs is 1. The summed E-state index contributed by atoms with van der Waals surface area (Å²) in [6.07, 6.45) is 1.86. The summed E-state index contributed by atoms with van der Waals surface area (Å²) in [6, 6.07) is 11.0. The molecular formula is C17H24N2. The normalized spacial score (nSPS) is 14.8. The largest absolute Gasteiger partial charge is 0.310 e.